The summed E-state index contributed by atoms with van der Waals surface area (Å²) in [5.74, 6) is 2.33. The van der Waals surface area contributed by atoms with E-state index in [1.54, 1.807) is 14.2 Å². The summed E-state index contributed by atoms with van der Waals surface area (Å²) in [5.41, 5.74) is 0.709. The van der Waals surface area contributed by atoms with Gasteiger partial charge in [-0.3, -0.25) is 4.79 Å². The summed E-state index contributed by atoms with van der Waals surface area (Å²) in [6, 6.07) is 15.1. The Morgan fingerprint density at radius 1 is 0.964 bits per heavy atom. The predicted octanol–water partition coefficient (Wildman–Crippen LogP) is 4.91. The van der Waals surface area contributed by atoms with E-state index in [4.69, 9.17) is 14.2 Å². The van der Waals surface area contributed by atoms with Crippen LogP contribution in [-0.2, 0) is 4.74 Å². The molecule has 3 rings (SSSR count). The van der Waals surface area contributed by atoms with Crippen molar-refractivity contribution in [3.8, 4) is 17.2 Å². The van der Waals surface area contributed by atoms with E-state index in [1.807, 2.05) is 53.4 Å². The van der Waals surface area contributed by atoms with Crippen LogP contribution in [0, 0.1) is 0 Å². The van der Waals surface area contributed by atoms with Crippen LogP contribution in [0.15, 0.2) is 48.5 Å². The average molecular weight is 383 g/mol. The number of benzene rings is 2. The number of rotatable bonds is 8. The summed E-state index contributed by atoms with van der Waals surface area (Å²) < 4.78 is 16.2. The van der Waals surface area contributed by atoms with Gasteiger partial charge in [-0.05, 0) is 80.6 Å². The maximum absolute atomic E-state index is 13.0. The van der Waals surface area contributed by atoms with E-state index in [-0.39, 0.29) is 5.91 Å². The van der Waals surface area contributed by atoms with Crippen molar-refractivity contribution in [3.63, 3.8) is 0 Å². The molecule has 1 fully saturated rings. The van der Waals surface area contributed by atoms with Gasteiger partial charge in [0, 0.05) is 31.9 Å². The number of nitrogens with zero attached hydrogens (tertiary/aromatic N) is 1. The van der Waals surface area contributed by atoms with Crippen molar-refractivity contribution >= 4 is 5.91 Å². The summed E-state index contributed by atoms with van der Waals surface area (Å²) in [7, 11) is 3.36. The normalized spacial score (nSPS) is 16.6. The Morgan fingerprint density at radius 3 is 2.25 bits per heavy atom. The maximum atomic E-state index is 13.0. The second-order valence-corrected chi connectivity index (χ2v) is 7.09. The Hall–Kier alpha value is -2.53. The smallest absolute Gasteiger partial charge is 0.254 e. The standard InChI is InChI=1S/C23H29NO4/c1-26-17-5-7-19-6-3-4-16-24(19)23(25)18-8-10-21(11-9-18)28-22-14-12-20(27-2)13-15-22/h8-15,19H,3-7,16-17H2,1-2H3. The van der Waals surface area contributed by atoms with Crippen LogP contribution in [0.25, 0.3) is 0 Å². The van der Waals surface area contributed by atoms with Crippen molar-refractivity contribution in [2.45, 2.75) is 38.1 Å². The highest BCUT2D eigenvalue weighted by molar-refractivity contribution is 5.94. The highest BCUT2D eigenvalue weighted by atomic mass is 16.5. The van der Waals surface area contributed by atoms with Gasteiger partial charge in [0.1, 0.15) is 17.2 Å². The number of carbonyl (C=O) groups excluding carboxylic acids is 1. The third kappa shape index (κ3) is 5.26. The molecule has 5 nitrogen and oxygen atoms in total. The van der Waals surface area contributed by atoms with Gasteiger partial charge in [0.05, 0.1) is 7.11 Å². The molecule has 1 aliphatic rings. The fourth-order valence-electron chi connectivity index (χ4n) is 3.64. The van der Waals surface area contributed by atoms with Crippen LogP contribution in [0.3, 0.4) is 0 Å². The van der Waals surface area contributed by atoms with Crippen molar-refractivity contribution in [3.05, 3.63) is 54.1 Å². The van der Waals surface area contributed by atoms with E-state index in [2.05, 4.69) is 0 Å². The lowest BCUT2D eigenvalue weighted by Crippen LogP contribution is -2.43. The number of ether oxygens (including phenoxy) is 3. The molecule has 150 valence electrons. The molecule has 2 aromatic carbocycles. The minimum absolute atomic E-state index is 0.109. The molecule has 1 aliphatic heterocycles. The maximum Gasteiger partial charge on any atom is 0.254 e. The van der Waals surface area contributed by atoms with Gasteiger partial charge in [0.2, 0.25) is 0 Å². The molecule has 0 saturated carbocycles. The number of carbonyl (C=O) groups is 1. The van der Waals surface area contributed by atoms with Gasteiger partial charge < -0.3 is 19.1 Å². The molecule has 0 aliphatic carbocycles. The van der Waals surface area contributed by atoms with Gasteiger partial charge >= 0.3 is 0 Å². The van der Waals surface area contributed by atoms with Crippen LogP contribution in [-0.4, -0.2) is 44.2 Å². The molecule has 2 aromatic rings. The summed E-state index contributed by atoms with van der Waals surface area (Å²) >= 11 is 0. The molecule has 0 N–H and O–H groups in total. The van der Waals surface area contributed by atoms with Gasteiger partial charge in [-0.2, -0.15) is 0 Å². The second-order valence-electron chi connectivity index (χ2n) is 7.09. The van der Waals surface area contributed by atoms with E-state index in [0.717, 1.165) is 50.3 Å². The lowest BCUT2D eigenvalue weighted by atomic mass is 9.97. The number of amides is 1. The minimum Gasteiger partial charge on any atom is -0.497 e. The van der Waals surface area contributed by atoms with Gasteiger partial charge in [0.15, 0.2) is 0 Å². The third-order valence-corrected chi connectivity index (χ3v) is 5.17. The molecule has 5 heteroatoms. The molecule has 0 spiro atoms. The molecular formula is C23H29NO4. The quantitative estimate of drug-likeness (QED) is 0.608. The molecule has 1 unspecified atom stereocenters. The highest BCUT2D eigenvalue weighted by Gasteiger charge is 2.27. The van der Waals surface area contributed by atoms with E-state index < -0.39 is 0 Å². The third-order valence-electron chi connectivity index (χ3n) is 5.17. The largest absolute Gasteiger partial charge is 0.497 e. The zero-order chi connectivity index (χ0) is 19.8. The van der Waals surface area contributed by atoms with Crippen LogP contribution < -0.4 is 9.47 Å². The zero-order valence-electron chi connectivity index (χ0n) is 16.7. The molecule has 1 saturated heterocycles. The Kier molecular flexibility index (Phi) is 7.31. The molecule has 1 atom stereocenters. The molecule has 28 heavy (non-hydrogen) atoms. The van der Waals surface area contributed by atoms with Crippen molar-refractivity contribution in [1.82, 2.24) is 4.90 Å². The number of methoxy groups -OCH3 is 2. The Labute approximate surface area is 167 Å². The molecule has 1 heterocycles. The Bertz CT molecular complexity index is 742. The molecular weight excluding hydrogens is 354 g/mol. The van der Waals surface area contributed by atoms with Crippen molar-refractivity contribution in [2.75, 3.05) is 27.4 Å². The van der Waals surface area contributed by atoms with Crippen LogP contribution in [0.1, 0.15) is 42.5 Å². The zero-order valence-corrected chi connectivity index (χ0v) is 16.7. The lowest BCUT2D eigenvalue weighted by molar-refractivity contribution is 0.0585. The first-order valence-electron chi connectivity index (χ1n) is 9.93. The SMILES string of the molecule is COCCCC1CCCCN1C(=O)c1ccc(Oc2ccc(OC)cc2)cc1. The van der Waals surface area contributed by atoms with Crippen LogP contribution >= 0.6 is 0 Å². The molecule has 0 bridgehead atoms. The van der Waals surface area contributed by atoms with E-state index >= 15 is 0 Å². The fraction of sp³-hybridized carbons (Fsp3) is 0.435. The molecule has 0 radical (unpaired) electrons. The number of hydrogen-bond acceptors (Lipinski definition) is 4. The van der Waals surface area contributed by atoms with Gasteiger partial charge in [-0.15, -0.1) is 0 Å². The topological polar surface area (TPSA) is 48.0 Å². The second kappa shape index (κ2) is 10.1. The van der Waals surface area contributed by atoms with E-state index in [0.29, 0.717) is 17.4 Å². The van der Waals surface area contributed by atoms with Gasteiger partial charge in [-0.1, -0.05) is 0 Å². The van der Waals surface area contributed by atoms with Crippen LogP contribution in [0.4, 0.5) is 0 Å². The number of hydrogen-bond donors (Lipinski definition) is 0. The van der Waals surface area contributed by atoms with Crippen LogP contribution in [0.2, 0.25) is 0 Å². The van der Waals surface area contributed by atoms with Crippen molar-refractivity contribution in [1.29, 1.82) is 0 Å². The molecule has 1 amide bonds. The van der Waals surface area contributed by atoms with Crippen LogP contribution in [0.5, 0.6) is 17.2 Å². The van der Waals surface area contributed by atoms with Gasteiger partial charge in [0.25, 0.3) is 5.91 Å². The number of likely N-dealkylation sites (tertiary alicyclic amines) is 1. The monoisotopic (exact) mass is 383 g/mol. The fourth-order valence-corrected chi connectivity index (χ4v) is 3.64. The first kappa shape index (κ1) is 20.2. The van der Waals surface area contributed by atoms with E-state index in [1.165, 1.54) is 6.42 Å². The average Bonchev–Trinajstić information content (AvgIpc) is 2.75. The number of piperidine rings is 1. The first-order valence-corrected chi connectivity index (χ1v) is 9.93. The lowest BCUT2D eigenvalue weighted by Gasteiger charge is -2.36. The summed E-state index contributed by atoms with van der Waals surface area (Å²) in [6.45, 7) is 1.58. The summed E-state index contributed by atoms with van der Waals surface area (Å²) in [4.78, 5) is 15.1. The van der Waals surface area contributed by atoms with E-state index in [9.17, 15) is 4.79 Å². The summed E-state index contributed by atoms with van der Waals surface area (Å²) in [5, 5.41) is 0. The first-order chi connectivity index (χ1) is 13.7. The van der Waals surface area contributed by atoms with Crippen molar-refractivity contribution < 1.29 is 19.0 Å². The highest BCUT2D eigenvalue weighted by Crippen LogP contribution is 2.26. The van der Waals surface area contributed by atoms with Gasteiger partial charge in [-0.25, -0.2) is 0 Å². The minimum atomic E-state index is 0.109. The molecule has 0 aromatic heterocycles. The van der Waals surface area contributed by atoms with Crippen molar-refractivity contribution in [2.24, 2.45) is 0 Å². The summed E-state index contributed by atoms with van der Waals surface area (Å²) in [6.07, 6.45) is 5.33. The Balaban J connectivity index is 1.63. The Morgan fingerprint density at radius 2 is 1.61 bits per heavy atom. The predicted molar refractivity (Wildman–Crippen MR) is 109 cm³/mol.